The molecule has 0 saturated carbocycles. The SMILES string of the molecule is COc1cc(N)c(-c2nc(N)no2)cc1OC. The molecule has 17 heavy (non-hydrogen) atoms. The molecule has 0 fully saturated rings. The lowest BCUT2D eigenvalue weighted by molar-refractivity contribution is 0.355. The number of benzene rings is 1. The predicted octanol–water partition coefficient (Wildman–Crippen LogP) is 0.918. The number of ether oxygens (including phenoxy) is 2. The Bertz CT molecular complexity index is 538. The van der Waals surface area contributed by atoms with Crippen molar-refractivity contribution < 1.29 is 14.0 Å². The summed E-state index contributed by atoms with van der Waals surface area (Å²) in [7, 11) is 3.06. The Morgan fingerprint density at radius 3 is 2.29 bits per heavy atom. The Morgan fingerprint density at radius 1 is 1.12 bits per heavy atom. The summed E-state index contributed by atoms with van der Waals surface area (Å²) in [5, 5.41) is 3.50. The van der Waals surface area contributed by atoms with Crippen LogP contribution < -0.4 is 20.9 Å². The Morgan fingerprint density at radius 2 is 1.76 bits per heavy atom. The number of hydrogen-bond donors (Lipinski definition) is 2. The molecule has 1 aromatic carbocycles. The molecule has 0 amide bonds. The average molecular weight is 236 g/mol. The summed E-state index contributed by atoms with van der Waals surface area (Å²) in [6.45, 7) is 0. The van der Waals surface area contributed by atoms with Crippen LogP contribution in [0, 0.1) is 0 Å². The smallest absolute Gasteiger partial charge is 0.261 e. The summed E-state index contributed by atoms with van der Waals surface area (Å²) in [4.78, 5) is 3.90. The highest BCUT2D eigenvalue weighted by Gasteiger charge is 2.15. The number of methoxy groups -OCH3 is 2. The normalized spacial score (nSPS) is 10.2. The summed E-state index contributed by atoms with van der Waals surface area (Å²) in [5.41, 5.74) is 12.2. The van der Waals surface area contributed by atoms with Gasteiger partial charge in [-0.25, -0.2) is 0 Å². The molecule has 7 heteroatoms. The zero-order valence-corrected chi connectivity index (χ0v) is 9.43. The zero-order valence-electron chi connectivity index (χ0n) is 9.43. The molecule has 0 bridgehead atoms. The number of anilines is 2. The van der Waals surface area contributed by atoms with Crippen molar-refractivity contribution in [2.75, 3.05) is 25.7 Å². The van der Waals surface area contributed by atoms with Gasteiger partial charge in [-0.2, -0.15) is 4.98 Å². The van der Waals surface area contributed by atoms with E-state index >= 15 is 0 Å². The van der Waals surface area contributed by atoms with Crippen LogP contribution >= 0.6 is 0 Å². The van der Waals surface area contributed by atoms with E-state index in [0.29, 0.717) is 22.7 Å². The fourth-order valence-corrected chi connectivity index (χ4v) is 1.42. The molecule has 90 valence electrons. The maximum absolute atomic E-state index is 5.86. The third-order valence-corrected chi connectivity index (χ3v) is 2.23. The predicted molar refractivity (Wildman–Crippen MR) is 61.7 cm³/mol. The summed E-state index contributed by atoms with van der Waals surface area (Å²) in [5.74, 6) is 1.34. The van der Waals surface area contributed by atoms with Gasteiger partial charge in [-0.05, 0) is 11.2 Å². The molecule has 1 aromatic heterocycles. The highest BCUT2D eigenvalue weighted by atomic mass is 16.5. The van der Waals surface area contributed by atoms with Crippen molar-refractivity contribution in [3.63, 3.8) is 0 Å². The monoisotopic (exact) mass is 236 g/mol. The van der Waals surface area contributed by atoms with Gasteiger partial charge >= 0.3 is 0 Å². The molecule has 0 saturated heterocycles. The number of nitrogen functional groups attached to an aromatic ring is 2. The van der Waals surface area contributed by atoms with Crippen molar-refractivity contribution in [1.29, 1.82) is 0 Å². The Balaban J connectivity index is 2.55. The topological polar surface area (TPSA) is 109 Å². The molecule has 0 aliphatic carbocycles. The second-order valence-corrected chi connectivity index (χ2v) is 3.25. The van der Waals surface area contributed by atoms with E-state index in [0.717, 1.165) is 0 Å². The van der Waals surface area contributed by atoms with Gasteiger partial charge in [-0.15, -0.1) is 0 Å². The van der Waals surface area contributed by atoms with E-state index in [1.54, 1.807) is 12.1 Å². The van der Waals surface area contributed by atoms with Crippen molar-refractivity contribution in [2.24, 2.45) is 0 Å². The first-order valence-electron chi connectivity index (χ1n) is 4.76. The summed E-state index contributed by atoms with van der Waals surface area (Å²) in [6, 6.07) is 3.27. The standard InChI is InChI=1S/C10H12N4O3/c1-15-7-3-5(6(11)4-8(7)16-2)9-13-10(12)14-17-9/h3-4H,11H2,1-2H3,(H2,12,14). The van der Waals surface area contributed by atoms with Gasteiger partial charge < -0.3 is 25.5 Å². The molecular formula is C10H12N4O3. The van der Waals surface area contributed by atoms with Crippen molar-refractivity contribution in [3.05, 3.63) is 12.1 Å². The van der Waals surface area contributed by atoms with Crippen LogP contribution in [0.15, 0.2) is 16.7 Å². The largest absolute Gasteiger partial charge is 0.493 e. The number of hydrogen-bond acceptors (Lipinski definition) is 7. The van der Waals surface area contributed by atoms with Crippen LogP contribution in [0.1, 0.15) is 0 Å². The van der Waals surface area contributed by atoms with Crippen LogP contribution in [0.4, 0.5) is 11.6 Å². The van der Waals surface area contributed by atoms with Crippen LogP contribution in [0.3, 0.4) is 0 Å². The molecule has 2 rings (SSSR count). The van der Waals surface area contributed by atoms with Crippen molar-refractivity contribution >= 4 is 11.6 Å². The minimum atomic E-state index is 0.0502. The fraction of sp³-hybridized carbons (Fsp3) is 0.200. The van der Waals surface area contributed by atoms with E-state index in [1.165, 1.54) is 14.2 Å². The molecule has 1 heterocycles. The summed E-state index contributed by atoms with van der Waals surface area (Å²) < 4.78 is 15.2. The molecule has 0 atom stereocenters. The van der Waals surface area contributed by atoms with E-state index in [1.807, 2.05) is 0 Å². The van der Waals surface area contributed by atoms with E-state index in [9.17, 15) is 0 Å². The number of aromatic nitrogens is 2. The van der Waals surface area contributed by atoms with Crippen LogP contribution in [0.25, 0.3) is 11.5 Å². The van der Waals surface area contributed by atoms with Crippen LogP contribution in [0.2, 0.25) is 0 Å². The lowest BCUT2D eigenvalue weighted by Gasteiger charge is -2.10. The maximum atomic E-state index is 5.86. The highest BCUT2D eigenvalue weighted by molar-refractivity contribution is 5.75. The second kappa shape index (κ2) is 4.20. The Hall–Kier alpha value is -2.44. The van der Waals surface area contributed by atoms with E-state index in [-0.39, 0.29) is 11.8 Å². The molecule has 0 aliphatic heterocycles. The van der Waals surface area contributed by atoms with Gasteiger partial charge in [0.2, 0.25) is 0 Å². The van der Waals surface area contributed by atoms with Crippen molar-refractivity contribution in [3.8, 4) is 23.0 Å². The molecule has 7 nitrogen and oxygen atoms in total. The van der Waals surface area contributed by atoms with Gasteiger partial charge in [-0.3, -0.25) is 0 Å². The van der Waals surface area contributed by atoms with Crippen molar-refractivity contribution in [1.82, 2.24) is 10.1 Å². The van der Waals surface area contributed by atoms with Crippen LogP contribution in [-0.2, 0) is 0 Å². The molecular weight excluding hydrogens is 224 g/mol. The molecule has 0 spiro atoms. The molecule has 4 N–H and O–H groups in total. The quantitative estimate of drug-likeness (QED) is 0.762. The minimum Gasteiger partial charge on any atom is -0.493 e. The van der Waals surface area contributed by atoms with Gasteiger partial charge in [-0.1, -0.05) is 0 Å². The zero-order chi connectivity index (χ0) is 12.4. The molecule has 0 unspecified atom stereocenters. The van der Waals surface area contributed by atoms with E-state index in [2.05, 4.69) is 10.1 Å². The fourth-order valence-electron chi connectivity index (χ4n) is 1.42. The lowest BCUT2D eigenvalue weighted by atomic mass is 10.1. The van der Waals surface area contributed by atoms with Gasteiger partial charge in [0.25, 0.3) is 11.8 Å². The van der Waals surface area contributed by atoms with Crippen molar-refractivity contribution in [2.45, 2.75) is 0 Å². The summed E-state index contributed by atoms with van der Waals surface area (Å²) in [6.07, 6.45) is 0. The first-order valence-corrected chi connectivity index (χ1v) is 4.76. The maximum Gasteiger partial charge on any atom is 0.261 e. The number of nitrogens with two attached hydrogens (primary N) is 2. The Labute approximate surface area is 97.3 Å². The van der Waals surface area contributed by atoms with Gasteiger partial charge in [0.15, 0.2) is 11.5 Å². The highest BCUT2D eigenvalue weighted by Crippen LogP contribution is 2.36. The summed E-state index contributed by atoms with van der Waals surface area (Å²) >= 11 is 0. The minimum absolute atomic E-state index is 0.0502. The van der Waals surface area contributed by atoms with Crippen LogP contribution in [0.5, 0.6) is 11.5 Å². The molecule has 0 radical (unpaired) electrons. The van der Waals surface area contributed by atoms with Crippen LogP contribution in [-0.4, -0.2) is 24.4 Å². The molecule has 0 aliphatic rings. The number of rotatable bonds is 3. The number of nitrogens with zero attached hydrogens (tertiary/aromatic N) is 2. The third kappa shape index (κ3) is 1.94. The molecule has 2 aromatic rings. The Kier molecular flexibility index (Phi) is 2.73. The van der Waals surface area contributed by atoms with E-state index in [4.69, 9.17) is 25.5 Å². The lowest BCUT2D eigenvalue weighted by Crippen LogP contribution is -1.96. The van der Waals surface area contributed by atoms with Gasteiger partial charge in [0.05, 0.1) is 19.8 Å². The van der Waals surface area contributed by atoms with E-state index < -0.39 is 0 Å². The average Bonchev–Trinajstić information content (AvgIpc) is 2.75. The van der Waals surface area contributed by atoms with Gasteiger partial charge in [0.1, 0.15) is 0 Å². The first-order chi connectivity index (χ1) is 8.15. The van der Waals surface area contributed by atoms with Gasteiger partial charge in [0, 0.05) is 11.8 Å². The first kappa shape index (κ1) is 11.1. The second-order valence-electron chi connectivity index (χ2n) is 3.25. The third-order valence-electron chi connectivity index (χ3n) is 2.23.